The molecule has 2 aromatic heterocycles. The lowest BCUT2D eigenvalue weighted by Gasteiger charge is -2.32. The molecule has 24 heavy (non-hydrogen) atoms. The molecule has 6 nitrogen and oxygen atoms in total. The van der Waals surface area contributed by atoms with Gasteiger partial charge >= 0.3 is 7.12 Å². The molecule has 1 fully saturated rings. The van der Waals surface area contributed by atoms with Crippen LogP contribution in [0.15, 0.2) is 24.5 Å². The zero-order valence-corrected chi connectivity index (χ0v) is 15.5. The molecule has 3 rings (SSSR count). The standard InChI is InChI=1S/C14H19BN2O2.C2H6.CH2O2/c1-10-6-7-17-12(8-10)11(9-16-17)15-18-13(2,3)14(4,5)19-15;1-2;2-1-3/h6-9H,1-5H3;1-2H3;1H,(H,2,3). The molecule has 3 heterocycles. The van der Waals surface area contributed by atoms with E-state index >= 15 is 0 Å². The van der Waals surface area contributed by atoms with Crippen molar-refractivity contribution in [3.8, 4) is 0 Å². The van der Waals surface area contributed by atoms with Crippen molar-refractivity contribution in [3.63, 3.8) is 0 Å². The highest BCUT2D eigenvalue weighted by Gasteiger charge is 2.52. The van der Waals surface area contributed by atoms with Gasteiger partial charge in [0.05, 0.1) is 16.7 Å². The third-order valence-electron chi connectivity index (χ3n) is 4.21. The molecule has 132 valence electrons. The van der Waals surface area contributed by atoms with E-state index in [0.717, 1.165) is 11.0 Å². The second kappa shape index (κ2) is 7.81. The highest BCUT2D eigenvalue weighted by Crippen LogP contribution is 2.36. The number of carbonyl (C=O) groups is 1. The fourth-order valence-corrected chi connectivity index (χ4v) is 2.26. The number of pyridine rings is 1. The van der Waals surface area contributed by atoms with Gasteiger partial charge in [-0.1, -0.05) is 13.8 Å². The van der Waals surface area contributed by atoms with E-state index in [9.17, 15) is 0 Å². The smallest absolute Gasteiger partial charge is 0.483 e. The summed E-state index contributed by atoms with van der Waals surface area (Å²) in [6.07, 6.45) is 3.79. The molecule has 1 N–H and O–H groups in total. The maximum atomic E-state index is 8.36. The summed E-state index contributed by atoms with van der Waals surface area (Å²) in [5.74, 6) is 0. The molecule has 1 aliphatic heterocycles. The summed E-state index contributed by atoms with van der Waals surface area (Å²) in [5, 5.41) is 11.2. The number of fused-ring (bicyclic) bond motifs is 1. The molecular formula is C17H27BN2O4. The molecule has 1 saturated heterocycles. The van der Waals surface area contributed by atoms with E-state index in [1.807, 2.05) is 36.8 Å². The van der Waals surface area contributed by atoms with Gasteiger partial charge in [-0.15, -0.1) is 0 Å². The lowest BCUT2D eigenvalue weighted by atomic mass is 9.80. The quantitative estimate of drug-likeness (QED) is 0.641. The van der Waals surface area contributed by atoms with Gasteiger partial charge in [0.25, 0.3) is 6.47 Å². The fraction of sp³-hybridized carbons (Fsp3) is 0.529. The molecule has 7 heteroatoms. The highest BCUT2D eigenvalue weighted by molar-refractivity contribution is 6.64. The third kappa shape index (κ3) is 3.97. The van der Waals surface area contributed by atoms with E-state index in [1.54, 1.807) is 0 Å². The van der Waals surface area contributed by atoms with Crippen molar-refractivity contribution in [3.05, 3.63) is 30.1 Å². The Hall–Kier alpha value is -1.86. The van der Waals surface area contributed by atoms with Crippen LogP contribution in [0.2, 0.25) is 0 Å². The van der Waals surface area contributed by atoms with Crippen LogP contribution in [0.3, 0.4) is 0 Å². The molecule has 0 bridgehead atoms. The predicted octanol–water partition coefficient (Wildman–Crippen LogP) is 2.67. The van der Waals surface area contributed by atoms with Crippen molar-refractivity contribution in [2.75, 3.05) is 0 Å². The summed E-state index contributed by atoms with van der Waals surface area (Å²) in [6.45, 7) is 14.1. The second-order valence-corrected chi connectivity index (χ2v) is 6.33. The van der Waals surface area contributed by atoms with Gasteiger partial charge in [0.1, 0.15) is 0 Å². The monoisotopic (exact) mass is 334 g/mol. The summed E-state index contributed by atoms with van der Waals surface area (Å²) >= 11 is 0. The van der Waals surface area contributed by atoms with Crippen LogP contribution in [-0.4, -0.2) is 39.5 Å². The molecule has 2 aromatic rings. The average Bonchev–Trinajstić information content (AvgIpc) is 3.00. The number of aromatic nitrogens is 2. The maximum Gasteiger partial charge on any atom is 0.498 e. The zero-order valence-electron chi connectivity index (χ0n) is 15.5. The van der Waals surface area contributed by atoms with Crippen LogP contribution in [0.1, 0.15) is 47.1 Å². The lowest BCUT2D eigenvalue weighted by molar-refractivity contribution is -0.122. The summed E-state index contributed by atoms with van der Waals surface area (Å²) in [6, 6.07) is 4.14. The topological polar surface area (TPSA) is 73.1 Å². The molecule has 0 amide bonds. The average molecular weight is 334 g/mol. The van der Waals surface area contributed by atoms with Crippen molar-refractivity contribution < 1.29 is 19.2 Å². The first-order chi connectivity index (χ1) is 11.2. The number of hydrogen-bond donors (Lipinski definition) is 1. The molecule has 0 radical (unpaired) electrons. The Kier molecular flexibility index (Phi) is 6.57. The van der Waals surface area contributed by atoms with Crippen LogP contribution in [0, 0.1) is 6.92 Å². The van der Waals surface area contributed by atoms with Gasteiger partial charge in [-0.3, -0.25) is 4.79 Å². The van der Waals surface area contributed by atoms with Crippen LogP contribution < -0.4 is 5.46 Å². The first-order valence-corrected chi connectivity index (χ1v) is 8.09. The van der Waals surface area contributed by atoms with Crippen LogP contribution >= 0.6 is 0 Å². The van der Waals surface area contributed by atoms with E-state index in [0.29, 0.717) is 0 Å². The molecule has 0 spiro atoms. The first-order valence-electron chi connectivity index (χ1n) is 8.09. The van der Waals surface area contributed by atoms with Crippen LogP contribution in [0.25, 0.3) is 5.52 Å². The molecule has 0 aromatic carbocycles. The Balaban J connectivity index is 0.000000521. The third-order valence-corrected chi connectivity index (χ3v) is 4.21. The number of aryl methyl sites for hydroxylation is 1. The molecule has 1 aliphatic rings. The number of carboxylic acid groups (broad SMARTS) is 1. The summed E-state index contributed by atoms with van der Waals surface area (Å²) in [4.78, 5) is 8.36. The number of rotatable bonds is 1. The Morgan fingerprint density at radius 2 is 1.71 bits per heavy atom. The highest BCUT2D eigenvalue weighted by atomic mass is 16.7. The minimum Gasteiger partial charge on any atom is -0.483 e. The van der Waals surface area contributed by atoms with Gasteiger partial charge in [-0.2, -0.15) is 5.10 Å². The van der Waals surface area contributed by atoms with Gasteiger partial charge in [0.15, 0.2) is 0 Å². The summed E-state index contributed by atoms with van der Waals surface area (Å²) < 4.78 is 14.0. The van der Waals surface area contributed by atoms with Gasteiger partial charge in [0, 0.05) is 17.9 Å². The number of nitrogens with zero attached hydrogens (tertiary/aromatic N) is 2. The fourth-order valence-electron chi connectivity index (χ4n) is 2.26. The Bertz CT molecular complexity index is 666. The van der Waals surface area contributed by atoms with E-state index in [1.165, 1.54) is 5.56 Å². The predicted molar refractivity (Wildman–Crippen MR) is 95.7 cm³/mol. The largest absolute Gasteiger partial charge is 0.498 e. The van der Waals surface area contributed by atoms with Crippen molar-refractivity contribution in [2.24, 2.45) is 0 Å². The van der Waals surface area contributed by atoms with Crippen molar-refractivity contribution in [1.82, 2.24) is 9.61 Å². The van der Waals surface area contributed by atoms with Crippen LogP contribution in [0.5, 0.6) is 0 Å². The van der Waals surface area contributed by atoms with Gasteiger partial charge in [-0.05, 0) is 52.3 Å². The molecule has 0 aliphatic carbocycles. The van der Waals surface area contributed by atoms with E-state index in [2.05, 4.69) is 45.8 Å². The number of hydrogen-bond acceptors (Lipinski definition) is 4. The van der Waals surface area contributed by atoms with Crippen LogP contribution in [-0.2, 0) is 14.1 Å². The Labute approximate surface area is 143 Å². The van der Waals surface area contributed by atoms with E-state index in [-0.39, 0.29) is 24.8 Å². The molecule has 0 unspecified atom stereocenters. The maximum absolute atomic E-state index is 8.36. The van der Waals surface area contributed by atoms with Crippen molar-refractivity contribution in [1.29, 1.82) is 0 Å². The zero-order chi connectivity index (χ0) is 18.5. The summed E-state index contributed by atoms with van der Waals surface area (Å²) in [5.41, 5.74) is 2.58. The molecule has 0 atom stereocenters. The van der Waals surface area contributed by atoms with Crippen LogP contribution in [0.4, 0.5) is 0 Å². The summed E-state index contributed by atoms with van der Waals surface area (Å²) in [7, 11) is -0.357. The molecular weight excluding hydrogens is 307 g/mol. The van der Waals surface area contributed by atoms with Crippen molar-refractivity contribution >= 4 is 24.6 Å². The molecule has 0 saturated carbocycles. The minimum atomic E-state index is -0.357. The first kappa shape index (κ1) is 20.2. The normalized spacial score (nSPS) is 17.5. The van der Waals surface area contributed by atoms with Gasteiger partial charge in [0.2, 0.25) is 0 Å². The minimum absolute atomic E-state index is 0.250. The van der Waals surface area contributed by atoms with E-state index in [4.69, 9.17) is 19.2 Å². The Morgan fingerprint density at radius 1 is 1.21 bits per heavy atom. The lowest BCUT2D eigenvalue weighted by Crippen LogP contribution is -2.41. The SMILES string of the molecule is CC.Cc1ccn2ncc(B3OC(C)(C)C(C)(C)O3)c2c1.O=CO. The Morgan fingerprint density at radius 3 is 2.21 bits per heavy atom. The van der Waals surface area contributed by atoms with Gasteiger partial charge in [-0.25, -0.2) is 4.52 Å². The van der Waals surface area contributed by atoms with Gasteiger partial charge < -0.3 is 14.4 Å². The van der Waals surface area contributed by atoms with Crippen molar-refractivity contribution in [2.45, 2.75) is 59.7 Å². The van der Waals surface area contributed by atoms with E-state index < -0.39 is 0 Å². The second-order valence-electron chi connectivity index (χ2n) is 6.33.